The Hall–Kier alpha value is -3.16. The minimum Gasteiger partial charge on any atom is -0.334 e. The third kappa shape index (κ3) is 3.87. The number of amides is 1. The number of alkyl halides is 3. The largest absolute Gasteiger partial charge is 0.416 e. The van der Waals surface area contributed by atoms with Crippen molar-refractivity contribution in [3.05, 3.63) is 65.5 Å². The zero-order valence-corrected chi connectivity index (χ0v) is 15.6. The minimum absolute atomic E-state index is 0.175. The van der Waals surface area contributed by atoms with Gasteiger partial charge in [-0.1, -0.05) is 24.2 Å². The van der Waals surface area contributed by atoms with E-state index >= 15 is 0 Å². The van der Waals surface area contributed by atoms with Crippen LogP contribution in [0.3, 0.4) is 0 Å². The Morgan fingerprint density at radius 2 is 1.79 bits per heavy atom. The van der Waals surface area contributed by atoms with Gasteiger partial charge in [-0.05, 0) is 48.4 Å². The molecule has 29 heavy (non-hydrogen) atoms. The van der Waals surface area contributed by atoms with Crippen LogP contribution in [0.25, 0.3) is 11.5 Å². The van der Waals surface area contributed by atoms with Gasteiger partial charge in [0.15, 0.2) is 5.82 Å². The summed E-state index contributed by atoms with van der Waals surface area (Å²) in [5.41, 5.74) is 1.66. The molecule has 5 nitrogen and oxygen atoms in total. The monoisotopic (exact) mass is 401 g/mol. The van der Waals surface area contributed by atoms with Crippen molar-refractivity contribution in [1.29, 1.82) is 0 Å². The van der Waals surface area contributed by atoms with E-state index in [1.54, 1.807) is 0 Å². The van der Waals surface area contributed by atoms with Gasteiger partial charge in [0.2, 0.25) is 5.91 Å². The average molecular weight is 401 g/mol. The number of nitrogens with zero attached hydrogens (tertiary/aromatic N) is 3. The lowest BCUT2D eigenvalue weighted by atomic mass is 10.1. The van der Waals surface area contributed by atoms with E-state index in [4.69, 9.17) is 4.52 Å². The van der Waals surface area contributed by atoms with Crippen molar-refractivity contribution in [2.45, 2.75) is 31.9 Å². The predicted molar refractivity (Wildman–Crippen MR) is 100 cm³/mol. The number of anilines is 1. The summed E-state index contributed by atoms with van der Waals surface area (Å²) < 4.78 is 43.6. The Bertz CT molecular complexity index is 1010. The number of aryl methyl sites for hydroxylation is 1. The second-order valence-electron chi connectivity index (χ2n) is 6.96. The summed E-state index contributed by atoms with van der Waals surface area (Å²) in [5, 5.41) is 4.01. The lowest BCUT2D eigenvalue weighted by molar-refractivity contribution is -0.137. The number of carbonyl (C=O) groups is 1. The van der Waals surface area contributed by atoms with E-state index in [0.29, 0.717) is 17.4 Å². The van der Waals surface area contributed by atoms with Gasteiger partial charge in [-0.2, -0.15) is 18.2 Å². The molecule has 3 aromatic rings. The second-order valence-corrected chi connectivity index (χ2v) is 6.96. The fraction of sp³-hybridized carbons (Fsp3) is 0.286. The molecule has 1 aliphatic rings. The number of halogens is 3. The van der Waals surface area contributed by atoms with Gasteiger partial charge in [-0.3, -0.25) is 4.79 Å². The Labute approximate surface area is 165 Å². The quantitative estimate of drug-likeness (QED) is 0.628. The number of benzene rings is 2. The van der Waals surface area contributed by atoms with Crippen molar-refractivity contribution in [3.8, 4) is 11.5 Å². The molecule has 1 saturated heterocycles. The molecule has 2 heterocycles. The topological polar surface area (TPSA) is 59.2 Å². The zero-order valence-electron chi connectivity index (χ0n) is 15.6. The number of rotatable bonds is 4. The fourth-order valence-electron chi connectivity index (χ4n) is 3.36. The summed E-state index contributed by atoms with van der Waals surface area (Å²) in [6, 6.07) is 12.4. The van der Waals surface area contributed by atoms with Gasteiger partial charge in [0.25, 0.3) is 5.89 Å². The van der Waals surface area contributed by atoms with Gasteiger partial charge in [0.1, 0.15) is 0 Å². The first-order valence-electron chi connectivity index (χ1n) is 9.25. The van der Waals surface area contributed by atoms with Crippen molar-refractivity contribution in [3.63, 3.8) is 0 Å². The third-order valence-corrected chi connectivity index (χ3v) is 5.05. The summed E-state index contributed by atoms with van der Waals surface area (Å²) in [6.45, 7) is 2.36. The zero-order chi connectivity index (χ0) is 20.6. The highest BCUT2D eigenvalue weighted by molar-refractivity contribution is 5.96. The molecule has 1 aromatic heterocycles. The average Bonchev–Trinajstić information content (AvgIpc) is 3.34. The maximum Gasteiger partial charge on any atom is 0.416 e. The molecule has 1 amide bonds. The standard InChI is InChI=1S/C21H18F3N3O2/c1-2-13-3-5-14(6-4-13)20-25-19(26-29-20)15-11-18(28)27(12-15)17-9-7-16(8-10-17)21(22,23)24/h3-10,15H,2,11-12H2,1H3. The molecule has 0 saturated carbocycles. The number of carbonyl (C=O) groups excluding carboxylic acids is 1. The molecule has 0 aliphatic carbocycles. The van der Waals surface area contributed by atoms with Gasteiger partial charge in [0, 0.05) is 30.1 Å². The van der Waals surface area contributed by atoms with Gasteiger partial charge < -0.3 is 9.42 Å². The maximum absolute atomic E-state index is 12.7. The van der Waals surface area contributed by atoms with Crippen LogP contribution >= 0.6 is 0 Å². The Balaban J connectivity index is 1.50. The highest BCUT2D eigenvalue weighted by atomic mass is 19.4. The third-order valence-electron chi connectivity index (χ3n) is 5.05. The molecule has 150 valence electrons. The van der Waals surface area contributed by atoms with Gasteiger partial charge in [-0.15, -0.1) is 0 Å². The molecular formula is C21H18F3N3O2. The number of hydrogen-bond acceptors (Lipinski definition) is 4. The summed E-state index contributed by atoms with van der Waals surface area (Å²) in [6.07, 6.45) is -3.31. The summed E-state index contributed by atoms with van der Waals surface area (Å²) in [4.78, 5) is 18.3. The molecule has 0 N–H and O–H groups in total. The molecule has 8 heteroatoms. The summed E-state index contributed by atoms with van der Waals surface area (Å²) in [5.74, 6) is 0.330. The van der Waals surface area contributed by atoms with Gasteiger partial charge in [-0.25, -0.2) is 0 Å². The smallest absolute Gasteiger partial charge is 0.334 e. The molecule has 2 aromatic carbocycles. The van der Waals surface area contributed by atoms with Crippen LogP contribution in [-0.4, -0.2) is 22.6 Å². The van der Waals surface area contributed by atoms with Crippen LogP contribution in [0.2, 0.25) is 0 Å². The molecule has 0 radical (unpaired) electrons. The van der Waals surface area contributed by atoms with E-state index in [2.05, 4.69) is 17.1 Å². The normalized spacial score (nSPS) is 17.2. The molecular weight excluding hydrogens is 383 g/mol. The lowest BCUT2D eigenvalue weighted by Gasteiger charge is -2.17. The summed E-state index contributed by atoms with van der Waals surface area (Å²) in [7, 11) is 0. The van der Waals surface area contributed by atoms with E-state index in [-0.39, 0.29) is 24.8 Å². The van der Waals surface area contributed by atoms with E-state index in [0.717, 1.165) is 24.1 Å². The molecule has 0 bridgehead atoms. The molecule has 0 spiro atoms. The molecule has 1 fully saturated rings. The van der Waals surface area contributed by atoms with Crippen molar-refractivity contribution in [1.82, 2.24) is 10.1 Å². The van der Waals surface area contributed by atoms with Crippen molar-refractivity contribution in [2.24, 2.45) is 0 Å². The Kier molecular flexibility index (Phi) is 4.86. The van der Waals surface area contributed by atoms with Crippen molar-refractivity contribution in [2.75, 3.05) is 11.4 Å². The number of hydrogen-bond donors (Lipinski definition) is 0. The first kappa shape index (κ1) is 19.2. The van der Waals surface area contributed by atoms with Crippen LogP contribution in [0.15, 0.2) is 53.1 Å². The number of aromatic nitrogens is 2. The van der Waals surface area contributed by atoms with Crippen LogP contribution in [0.1, 0.15) is 36.2 Å². The van der Waals surface area contributed by atoms with E-state index in [1.807, 2.05) is 24.3 Å². The lowest BCUT2D eigenvalue weighted by Crippen LogP contribution is -2.24. The predicted octanol–water partition coefficient (Wildman–Crippen LogP) is 4.84. The fourth-order valence-corrected chi connectivity index (χ4v) is 3.36. The van der Waals surface area contributed by atoms with E-state index < -0.39 is 11.7 Å². The Morgan fingerprint density at radius 1 is 1.10 bits per heavy atom. The van der Waals surface area contributed by atoms with Crippen molar-refractivity contribution < 1.29 is 22.5 Å². The second kappa shape index (κ2) is 7.35. The van der Waals surface area contributed by atoms with Crippen LogP contribution in [0.4, 0.5) is 18.9 Å². The highest BCUT2D eigenvalue weighted by Crippen LogP contribution is 2.34. The molecule has 4 rings (SSSR count). The van der Waals surface area contributed by atoms with E-state index in [1.165, 1.54) is 22.6 Å². The summed E-state index contributed by atoms with van der Waals surface area (Å²) >= 11 is 0. The molecule has 1 unspecified atom stereocenters. The van der Waals surface area contributed by atoms with Crippen LogP contribution in [-0.2, 0) is 17.4 Å². The van der Waals surface area contributed by atoms with Crippen LogP contribution in [0.5, 0.6) is 0 Å². The minimum atomic E-state index is -4.41. The molecule has 1 atom stereocenters. The highest BCUT2D eigenvalue weighted by Gasteiger charge is 2.35. The van der Waals surface area contributed by atoms with Gasteiger partial charge >= 0.3 is 6.18 Å². The van der Waals surface area contributed by atoms with Crippen molar-refractivity contribution >= 4 is 11.6 Å². The van der Waals surface area contributed by atoms with Crippen LogP contribution < -0.4 is 4.90 Å². The van der Waals surface area contributed by atoms with Gasteiger partial charge in [0.05, 0.1) is 5.56 Å². The SMILES string of the molecule is CCc1ccc(-c2nc(C3CC(=O)N(c4ccc(C(F)(F)F)cc4)C3)no2)cc1. The van der Waals surface area contributed by atoms with Crippen LogP contribution in [0, 0.1) is 0 Å². The first-order valence-corrected chi connectivity index (χ1v) is 9.25. The first-order chi connectivity index (χ1) is 13.8. The molecule has 1 aliphatic heterocycles. The Morgan fingerprint density at radius 3 is 2.41 bits per heavy atom. The van der Waals surface area contributed by atoms with E-state index in [9.17, 15) is 18.0 Å². The maximum atomic E-state index is 12.7.